The van der Waals surface area contributed by atoms with Crippen LogP contribution in [0.5, 0.6) is 5.75 Å². The average Bonchev–Trinajstić information content (AvgIpc) is 4.20. The molecule has 1 aliphatic rings. The van der Waals surface area contributed by atoms with E-state index in [2.05, 4.69) is 47.5 Å². The van der Waals surface area contributed by atoms with Crippen molar-refractivity contribution >= 4 is 75.9 Å². The highest BCUT2D eigenvalue weighted by molar-refractivity contribution is 5.98. The summed E-state index contributed by atoms with van der Waals surface area (Å²) >= 11 is 0. The molecule has 1 saturated heterocycles. The number of fused-ring (bicyclic) bond motifs is 1. The molecule has 1 aliphatic heterocycles. The van der Waals surface area contributed by atoms with Crippen molar-refractivity contribution < 1.29 is 68.1 Å². The minimum absolute atomic E-state index is 0.0453. The lowest BCUT2D eigenvalue weighted by atomic mass is 10.0. The molecule has 4 rings (SSSR count). The van der Waals surface area contributed by atoms with E-state index in [0.29, 0.717) is 18.4 Å². The fourth-order valence-electron chi connectivity index (χ4n) is 9.30. The van der Waals surface area contributed by atoms with Crippen LogP contribution in [0.25, 0.3) is 10.9 Å². The summed E-state index contributed by atoms with van der Waals surface area (Å²) < 4.78 is 0. The van der Waals surface area contributed by atoms with Gasteiger partial charge in [0.05, 0.1) is 31.7 Å². The highest BCUT2D eigenvalue weighted by Crippen LogP contribution is 2.22. The molecule has 2 aromatic carbocycles. The smallest absolute Gasteiger partial charge is 0.326 e. The number of unbranched alkanes of at least 4 members (excludes halogenated alkanes) is 1. The predicted octanol–water partition coefficient (Wildman–Crippen LogP) is -2.32. The molecule has 0 radical (unpaired) electrons. The van der Waals surface area contributed by atoms with E-state index in [1.165, 1.54) is 36.1 Å². The van der Waals surface area contributed by atoms with E-state index in [9.17, 15) is 68.1 Å². The number of carbonyl (C=O) groups excluding carboxylic acids is 10. The second kappa shape index (κ2) is 32.3. The van der Waals surface area contributed by atoms with Gasteiger partial charge in [-0.2, -0.15) is 0 Å². The number of aromatic hydroxyl groups is 1. The summed E-state index contributed by atoms with van der Waals surface area (Å²) in [7, 11) is 0. The Kier molecular flexibility index (Phi) is 26.1. The Morgan fingerprint density at radius 3 is 1.83 bits per heavy atom. The van der Waals surface area contributed by atoms with Crippen LogP contribution in [0.2, 0.25) is 0 Å². The first-order valence-corrected chi connectivity index (χ1v) is 27.4. The molecule has 0 bridgehead atoms. The van der Waals surface area contributed by atoms with Crippen LogP contribution in [0.3, 0.4) is 0 Å². The molecule has 10 amide bonds. The zero-order valence-corrected chi connectivity index (χ0v) is 47.0. The van der Waals surface area contributed by atoms with E-state index >= 15 is 0 Å². The summed E-state index contributed by atoms with van der Waals surface area (Å²) in [5.41, 5.74) is 19.6. The van der Waals surface area contributed by atoms with E-state index in [4.69, 9.17) is 17.2 Å². The number of H-pyrrole nitrogens is 1. The number of likely N-dealkylation sites (tertiary alicyclic amines) is 1. The van der Waals surface area contributed by atoms with Crippen LogP contribution in [0.15, 0.2) is 54.7 Å². The molecule has 0 saturated carbocycles. The van der Waals surface area contributed by atoms with E-state index in [1.807, 2.05) is 38.1 Å². The zero-order chi connectivity index (χ0) is 60.8. The maximum absolute atomic E-state index is 13.9. The largest absolute Gasteiger partial charge is 0.508 e. The molecule has 0 spiro atoms. The van der Waals surface area contributed by atoms with E-state index in [-0.39, 0.29) is 75.6 Å². The lowest BCUT2D eigenvalue weighted by Crippen LogP contribution is -2.59. The van der Waals surface area contributed by atoms with Gasteiger partial charge in [-0.05, 0) is 106 Å². The summed E-state index contributed by atoms with van der Waals surface area (Å²) in [6, 6.07) is 2.72. The number of hydrogen-bond acceptors (Lipinski definition) is 15. The Morgan fingerprint density at radius 2 is 1.23 bits per heavy atom. The molecule has 82 heavy (non-hydrogen) atoms. The summed E-state index contributed by atoms with van der Waals surface area (Å²) in [5, 5.41) is 50.9. The second-order valence-corrected chi connectivity index (χ2v) is 21.4. The van der Waals surface area contributed by atoms with Crippen molar-refractivity contribution in [3.05, 3.63) is 65.9 Å². The Morgan fingerprint density at radius 1 is 0.671 bits per heavy atom. The Labute approximate surface area is 475 Å². The number of aliphatic hydroxyl groups is 1. The summed E-state index contributed by atoms with van der Waals surface area (Å²) in [4.78, 5) is 151. The van der Waals surface area contributed by atoms with Crippen LogP contribution < -0.4 is 59.7 Å². The molecular weight excluding hydrogens is 1070 g/mol. The average molecular weight is 1150 g/mol. The number of nitrogens with zero attached hydrogens (tertiary/aromatic N) is 1. The summed E-state index contributed by atoms with van der Waals surface area (Å²) in [6.45, 7) is 7.17. The molecule has 27 nitrogen and oxygen atoms in total. The van der Waals surface area contributed by atoms with Crippen molar-refractivity contribution in [2.45, 2.75) is 153 Å². The van der Waals surface area contributed by atoms with Crippen LogP contribution in [-0.4, -0.2) is 171 Å². The van der Waals surface area contributed by atoms with Gasteiger partial charge in [0.25, 0.3) is 0 Å². The molecule has 2 heterocycles. The second-order valence-electron chi connectivity index (χ2n) is 21.4. The molecule has 1 fully saturated rings. The molecule has 18 N–H and O–H groups in total. The van der Waals surface area contributed by atoms with Gasteiger partial charge in [-0.1, -0.05) is 58.0 Å². The van der Waals surface area contributed by atoms with Gasteiger partial charge in [0, 0.05) is 30.1 Å². The van der Waals surface area contributed by atoms with Crippen LogP contribution in [0.1, 0.15) is 97.1 Å². The van der Waals surface area contributed by atoms with Crippen molar-refractivity contribution in [3.8, 4) is 5.75 Å². The number of amides is 10. The third-order valence-corrected chi connectivity index (χ3v) is 13.5. The number of aromatic nitrogens is 1. The van der Waals surface area contributed by atoms with E-state index in [1.54, 1.807) is 20.0 Å². The minimum atomic E-state index is -1.69. The molecule has 27 heteroatoms. The number of carbonyl (C=O) groups is 11. The quantitative estimate of drug-likeness (QED) is 0.0285. The number of carboxylic acids is 1. The number of phenols is 1. The number of aromatic amines is 1. The van der Waals surface area contributed by atoms with Gasteiger partial charge < -0.3 is 84.9 Å². The number of primary amides is 1. The van der Waals surface area contributed by atoms with E-state index < -0.39 is 139 Å². The standard InChI is InChI=1S/C55H81N13O14/c1-29(2)21-39(51(77)66-42(23-32-15-17-34(70)18-16-32)54(80)68-20-10-14-43(68)55(81)82)63-46(73)27-60-49(75)41(25-44(58)71)65-50(76)38(13-8-9-19-56)62-45(72)28-61-53(79)47(31(5)69)67-52(78)40(22-30(3)4)64-48(74)36(57)24-33-26-59-37-12-7-6-11-35(33)37/h6-7,11-12,15-18,26,29-31,36,38-43,47,59,69-70H,8-10,13-14,19-25,27-28,56-57H2,1-5H3,(H2,58,71)(H,60,75)(H,61,79)(H,62,72)(H,63,73)(H,64,74)(H,65,76)(H,66,77)(H,67,78)(H,81,82)/t31-,36+,38+,39+,40+,41+,42+,43+,47+/m1/s1. The van der Waals surface area contributed by atoms with Crippen LogP contribution >= 0.6 is 0 Å². The highest BCUT2D eigenvalue weighted by Gasteiger charge is 2.39. The fraction of sp³-hybridized carbons (Fsp3) is 0.545. The normalized spacial score (nSPS) is 16.1. The van der Waals surface area contributed by atoms with Crippen LogP contribution in [-0.2, 0) is 65.6 Å². The van der Waals surface area contributed by atoms with Gasteiger partial charge in [0.2, 0.25) is 59.1 Å². The summed E-state index contributed by atoms with van der Waals surface area (Å²) in [5.74, 6) is -10.3. The van der Waals surface area contributed by atoms with Crippen molar-refractivity contribution in [1.29, 1.82) is 0 Å². The number of phenolic OH excluding ortho intramolecular Hbond substituents is 1. The van der Waals surface area contributed by atoms with Gasteiger partial charge in [0.15, 0.2) is 0 Å². The number of rotatable bonds is 33. The lowest BCUT2D eigenvalue weighted by molar-refractivity contribution is -0.149. The van der Waals surface area contributed by atoms with Gasteiger partial charge in [-0.3, -0.25) is 47.9 Å². The van der Waals surface area contributed by atoms with E-state index in [0.717, 1.165) is 16.5 Å². The van der Waals surface area contributed by atoms with Crippen molar-refractivity contribution in [2.24, 2.45) is 29.0 Å². The van der Waals surface area contributed by atoms with Crippen molar-refractivity contribution in [1.82, 2.24) is 52.4 Å². The molecule has 3 aromatic rings. The van der Waals surface area contributed by atoms with Gasteiger partial charge in [0.1, 0.15) is 48.0 Å². The fourth-order valence-corrected chi connectivity index (χ4v) is 9.30. The van der Waals surface area contributed by atoms with Crippen molar-refractivity contribution in [2.75, 3.05) is 26.2 Å². The number of aliphatic carboxylic acids is 1. The molecule has 0 aliphatic carbocycles. The number of nitrogens with one attached hydrogen (secondary N) is 9. The van der Waals surface area contributed by atoms with Gasteiger partial charge in [-0.15, -0.1) is 0 Å². The van der Waals surface area contributed by atoms with Crippen LogP contribution in [0, 0.1) is 11.8 Å². The number of hydrogen-bond donors (Lipinski definition) is 15. The Balaban J connectivity index is 1.38. The van der Waals surface area contributed by atoms with Gasteiger partial charge >= 0.3 is 5.97 Å². The van der Waals surface area contributed by atoms with Gasteiger partial charge in [-0.25, -0.2) is 4.79 Å². The number of aliphatic hydroxyl groups excluding tert-OH is 1. The number of benzene rings is 2. The summed E-state index contributed by atoms with van der Waals surface area (Å²) in [6.07, 6.45) is 0.995. The maximum atomic E-state index is 13.9. The highest BCUT2D eigenvalue weighted by atomic mass is 16.4. The number of carboxylic acid groups (broad SMARTS) is 1. The topological polar surface area (TPSA) is 442 Å². The molecule has 0 unspecified atom stereocenters. The Hall–Kier alpha value is -8.17. The first-order chi connectivity index (χ1) is 38.8. The predicted molar refractivity (Wildman–Crippen MR) is 299 cm³/mol. The van der Waals surface area contributed by atoms with Crippen LogP contribution in [0.4, 0.5) is 0 Å². The lowest BCUT2D eigenvalue weighted by Gasteiger charge is -2.29. The molecular formula is C55H81N13O14. The first kappa shape index (κ1) is 66.3. The first-order valence-electron chi connectivity index (χ1n) is 27.4. The monoisotopic (exact) mass is 1150 g/mol. The maximum Gasteiger partial charge on any atom is 0.326 e. The molecule has 1 aromatic heterocycles. The number of para-hydroxylation sites is 1. The van der Waals surface area contributed by atoms with Crippen molar-refractivity contribution in [3.63, 3.8) is 0 Å². The third-order valence-electron chi connectivity index (χ3n) is 13.5. The molecule has 450 valence electrons. The third kappa shape index (κ3) is 21.1. The number of nitrogens with two attached hydrogens (primary N) is 3. The zero-order valence-electron chi connectivity index (χ0n) is 47.0. The SMILES string of the molecule is CC(C)C[C@H](NC(=O)CNC(=O)[C@H](CC(N)=O)NC(=O)[C@H](CCCCN)NC(=O)CNC(=O)[C@@H](NC(=O)[C@H](CC(C)C)NC(=O)[C@@H](N)Cc1c[nH]c2ccccc12)[C@@H](C)O)C(=O)N[C@@H](Cc1ccc(O)cc1)C(=O)N1CCC[C@H]1C(=O)O. The minimum Gasteiger partial charge on any atom is -0.508 e. The molecule has 9 atom stereocenters. The Bertz CT molecular complexity index is 2720.